The fourth-order valence-electron chi connectivity index (χ4n) is 3.14. The smallest absolute Gasteiger partial charge is 0.263 e. The number of aryl methyl sites for hydroxylation is 1. The number of nitrogens with zero attached hydrogens (tertiary/aromatic N) is 2. The Morgan fingerprint density at radius 3 is 2.88 bits per heavy atom. The average molecular weight is 398 g/mol. The van der Waals surface area contributed by atoms with Gasteiger partial charge in [0.25, 0.3) is 5.91 Å². The molecule has 25 heavy (non-hydrogen) atoms. The Balaban J connectivity index is 1.65. The fourth-order valence-corrected chi connectivity index (χ4v) is 4.41. The maximum atomic E-state index is 12.5. The quantitative estimate of drug-likeness (QED) is 0.798. The average Bonchev–Trinajstić information content (AvgIpc) is 3.16. The van der Waals surface area contributed by atoms with Gasteiger partial charge in [0, 0.05) is 18.2 Å². The van der Waals surface area contributed by atoms with E-state index in [1.54, 1.807) is 12.1 Å². The molecule has 2 aromatic rings. The molecular weight excluding hydrogens is 377 g/mol. The van der Waals surface area contributed by atoms with E-state index in [1.165, 1.54) is 24.2 Å². The van der Waals surface area contributed by atoms with Gasteiger partial charge in [-0.05, 0) is 51.9 Å². The molecule has 0 bridgehead atoms. The molecule has 2 heterocycles. The molecule has 1 aromatic carbocycles. The molecule has 4 nitrogen and oxygen atoms in total. The van der Waals surface area contributed by atoms with Crippen molar-refractivity contribution in [2.24, 2.45) is 0 Å². The lowest BCUT2D eigenvalue weighted by atomic mass is 10.1. The first-order chi connectivity index (χ1) is 12.0. The molecule has 1 fully saturated rings. The largest absolute Gasteiger partial charge is 0.351 e. The maximum absolute atomic E-state index is 12.5. The van der Waals surface area contributed by atoms with Crippen LogP contribution in [-0.4, -0.2) is 42.0 Å². The Labute approximate surface area is 162 Å². The number of aromatic nitrogens is 1. The van der Waals surface area contributed by atoms with Crippen molar-refractivity contribution in [3.63, 3.8) is 0 Å². The van der Waals surface area contributed by atoms with Crippen molar-refractivity contribution in [3.05, 3.63) is 38.8 Å². The molecule has 0 saturated carbocycles. The van der Waals surface area contributed by atoms with Crippen molar-refractivity contribution in [1.82, 2.24) is 15.2 Å². The molecule has 1 aromatic heterocycles. The molecule has 1 amide bonds. The van der Waals surface area contributed by atoms with Gasteiger partial charge in [-0.25, -0.2) is 4.98 Å². The summed E-state index contributed by atoms with van der Waals surface area (Å²) in [5.74, 6) is -0.0537. The van der Waals surface area contributed by atoms with Crippen molar-refractivity contribution in [3.8, 4) is 10.6 Å². The Bertz CT molecular complexity index is 778. The highest BCUT2D eigenvalue weighted by molar-refractivity contribution is 7.17. The summed E-state index contributed by atoms with van der Waals surface area (Å²) in [6.45, 7) is 3.70. The number of carbonyl (C=O) groups is 1. The summed E-state index contributed by atoms with van der Waals surface area (Å²) in [6.07, 6.45) is 3.45. The molecule has 1 N–H and O–H groups in total. The first-order valence-corrected chi connectivity index (χ1v) is 9.94. The number of amides is 1. The highest BCUT2D eigenvalue weighted by Crippen LogP contribution is 2.32. The SMILES string of the molecule is Cc1nc(-c2ccc(Cl)c(Cl)c2)sc1C(=O)NCCC1CCCN1C. The first-order valence-electron chi connectivity index (χ1n) is 8.37. The first kappa shape index (κ1) is 18.6. The summed E-state index contributed by atoms with van der Waals surface area (Å²) >= 11 is 13.4. The standard InChI is InChI=1S/C18H21Cl2N3OS/c1-11-16(17(24)21-8-7-13-4-3-9-23(13)2)25-18(22-11)12-5-6-14(19)15(20)10-12/h5-6,10,13H,3-4,7-9H2,1-2H3,(H,21,24). The van der Waals surface area contributed by atoms with Crippen molar-refractivity contribution in [1.29, 1.82) is 0 Å². The van der Waals surface area contributed by atoms with Crippen LogP contribution < -0.4 is 5.32 Å². The number of rotatable bonds is 5. The minimum absolute atomic E-state index is 0.0537. The highest BCUT2D eigenvalue weighted by atomic mass is 35.5. The van der Waals surface area contributed by atoms with E-state index in [-0.39, 0.29) is 5.91 Å². The van der Waals surface area contributed by atoms with Crippen molar-refractivity contribution >= 4 is 40.4 Å². The van der Waals surface area contributed by atoms with Crippen molar-refractivity contribution < 1.29 is 4.79 Å². The van der Waals surface area contributed by atoms with Gasteiger partial charge in [-0.2, -0.15) is 0 Å². The van der Waals surface area contributed by atoms with Gasteiger partial charge in [0.15, 0.2) is 0 Å². The molecule has 0 spiro atoms. The number of nitrogens with one attached hydrogen (secondary N) is 1. The summed E-state index contributed by atoms with van der Waals surface area (Å²) < 4.78 is 0. The molecule has 1 atom stereocenters. The zero-order valence-electron chi connectivity index (χ0n) is 14.3. The third-order valence-corrected chi connectivity index (χ3v) is 6.55. The van der Waals surface area contributed by atoms with Crippen LogP contribution in [0.25, 0.3) is 10.6 Å². The molecule has 0 aliphatic carbocycles. The molecular formula is C18H21Cl2N3OS. The predicted octanol–water partition coefficient (Wildman–Crippen LogP) is 4.64. The van der Waals surface area contributed by atoms with Gasteiger partial charge in [-0.15, -0.1) is 11.3 Å². The molecule has 1 aliphatic rings. The predicted molar refractivity (Wildman–Crippen MR) is 105 cm³/mol. The van der Waals surface area contributed by atoms with Crippen LogP contribution in [0.4, 0.5) is 0 Å². The van der Waals surface area contributed by atoms with Gasteiger partial charge in [-0.3, -0.25) is 4.79 Å². The molecule has 1 saturated heterocycles. The zero-order valence-corrected chi connectivity index (χ0v) is 16.6. The Morgan fingerprint density at radius 2 is 2.20 bits per heavy atom. The van der Waals surface area contributed by atoms with Crippen molar-refractivity contribution in [2.75, 3.05) is 20.1 Å². The van der Waals surface area contributed by atoms with Gasteiger partial charge in [0.2, 0.25) is 0 Å². The summed E-state index contributed by atoms with van der Waals surface area (Å²) in [5, 5.41) is 4.80. The maximum Gasteiger partial charge on any atom is 0.263 e. The van der Waals surface area contributed by atoms with E-state index >= 15 is 0 Å². The number of thiazole rings is 1. The number of carbonyl (C=O) groups excluding carboxylic acids is 1. The molecule has 3 rings (SSSR count). The highest BCUT2D eigenvalue weighted by Gasteiger charge is 2.21. The van der Waals surface area contributed by atoms with E-state index in [4.69, 9.17) is 23.2 Å². The van der Waals surface area contributed by atoms with E-state index in [0.717, 1.165) is 29.2 Å². The number of hydrogen-bond acceptors (Lipinski definition) is 4. The number of likely N-dealkylation sites (tertiary alicyclic amines) is 1. The van der Waals surface area contributed by atoms with Crippen LogP contribution in [0.3, 0.4) is 0 Å². The lowest BCUT2D eigenvalue weighted by molar-refractivity contribution is 0.0953. The summed E-state index contributed by atoms with van der Waals surface area (Å²) in [6, 6.07) is 5.96. The normalized spacial score (nSPS) is 17.8. The Hall–Kier alpha value is -1.14. The minimum atomic E-state index is -0.0537. The van der Waals surface area contributed by atoms with Crippen LogP contribution in [0.15, 0.2) is 18.2 Å². The van der Waals surface area contributed by atoms with Crippen molar-refractivity contribution in [2.45, 2.75) is 32.2 Å². The van der Waals surface area contributed by atoms with Gasteiger partial charge < -0.3 is 10.2 Å². The van der Waals surface area contributed by atoms with E-state index < -0.39 is 0 Å². The summed E-state index contributed by atoms with van der Waals surface area (Å²) in [4.78, 5) is 20.0. The number of halogens is 2. The van der Waals surface area contributed by atoms with Gasteiger partial charge in [-0.1, -0.05) is 29.3 Å². The van der Waals surface area contributed by atoms with Crippen LogP contribution in [-0.2, 0) is 0 Å². The van der Waals surface area contributed by atoms with Gasteiger partial charge >= 0.3 is 0 Å². The second-order valence-electron chi connectivity index (χ2n) is 6.38. The minimum Gasteiger partial charge on any atom is -0.351 e. The molecule has 1 aliphatic heterocycles. The zero-order chi connectivity index (χ0) is 18.0. The lowest BCUT2D eigenvalue weighted by Crippen LogP contribution is -2.31. The van der Waals surface area contributed by atoms with Gasteiger partial charge in [0.05, 0.1) is 15.7 Å². The van der Waals surface area contributed by atoms with Crippen LogP contribution in [0, 0.1) is 6.92 Å². The number of benzene rings is 1. The summed E-state index contributed by atoms with van der Waals surface area (Å²) in [7, 11) is 2.15. The Kier molecular flexibility index (Phi) is 6.00. The third kappa shape index (κ3) is 4.34. The molecule has 1 unspecified atom stereocenters. The van der Waals surface area contributed by atoms with E-state index in [2.05, 4.69) is 22.2 Å². The lowest BCUT2D eigenvalue weighted by Gasteiger charge is -2.19. The van der Waals surface area contributed by atoms with E-state index in [0.29, 0.717) is 27.5 Å². The topological polar surface area (TPSA) is 45.2 Å². The van der Waals surface area contributed by atoms with Crippen LogP contribution >= 0.6 is 34.5 Å². The van der Waals surface area contributed by atoms with E-state index in [9.17, 15) is 4.79 Å². The third-order valence-electron chi connectivity index (χ3n) is 4.60. The van der Waals surface area contributed by atoms with Crippen LogP contribution in [0.5, 0.6) is 0 Å². The monoisotopic (exact) mass is 397 g/mol. The second-order valence-corrected chi connectivity index (χ2v) is 8.20. The fraction of sp³-hybridized carbons (Fsp3) is 0.444. The number of hydrogen-bond donors (Lipinski definition) is 1. The van der Waals surface area contributed by atoms with Crippen LogP contribution in [0.1, 0.15) is 34.6 Å². The van der Waals surface area contributed by atoms with E-state index in [1.807, 2.05) is 13.0 Å². The summed E-state index contributed by atoms with van der Waals surface area (Å²) in [5.41, 5.74) is 1.61. The molecule has 0 radical (unpaired) electrons. The second kappa shape index (κ2) is 8.04. The molecule has 7 heteroatoms. The Morgan fingerprint density at radius 1 is 1.40 bits per heavy atom. The van der Waals surface area contributed by atoms with Gasteiger partial charge in [0.1, 0.15) is 9.88 Å². The molecule has 134 valence electrons. The van der Waals surface area contributed by atoms with Crippen LogP contribution in [0.2, 0.25) is 10.0 Å².